The molecule has 0 saturated heterocycles. The molecular weight excluding hydrogens is 531 g/mol. The molecule has 0 fully saturated rings. The number of alkyl halides is 12. The Morgan fingerprint density at radius 1 is 0.677 bits per heavy atom. The van der Waals surface area contributed by atoms with Crippen LogP contribution in [0.1, 0.15) is 11.1 Å². The fraction of sp³-hybridized carbons (Fsp3) is 0.294. The minimum Gasteiger partial charge on any atom is -0.221 e. The van der Waals surface area contributed by atoms with E-state index >= 15 is 4.39 Å². The maximum atomic E-state index is 15.0. The lowest BCUT2D eigenvalue weighted by molar-refractivity contribution is -0.389. The molecule has 0 N–H and O–H groups in total. The molecule has 0 aliphatic heterocycles. The summed E-state index contributed by atoms with van der Waals surface area (Å²) in [6.07, 6.45) is -19.8. The lowest BCUT2D eigenvalue weighted by Crippen LogP contribution is -2.60. The van der Waals surface area contributed by atoms with Crippen LogP contribution in [0.5, 0.6) is 0 Å². The highest BCUT2D eigenvalue weighted by atomic mass is 79.9. The fourth-order valence-corrected chi connectivity index (χ4v) is 3.35. The molecule has 0 saturated carbocycles. The van der Waals surface area contributed by atoms with E-state index < -0.39 is 68.7 Å². The van der Waals surface area contributed by atoms with Gasteiger partial charge in [-0.15, -0.1) is 0 Å². The zero-order chi connectivity index (χ0) is 24.2. The van der Waals surface area contributed by atoms with Crippen LogP contribution in [0.2, 0.25) is 0 Å². The first-order valence-electron chi connectivity index (χ1n) is 7.63. The monoisotopic (exact) mass is 536 g/mol. The molecule has 31 heavy (non-hydrogen) atoms. The summed E-state index contributed by atoms with van der Waals surface area (Å²) < 4.78 is 174. The van der Waals surface area contributed by atoms with Crippen LogP contribution in [0.25, 0.3) is 11.1 Å². The van der Waals surface area contributed by atoms with Crippen LogP contribution in [0.4, 0.5) is 57.1 Å². The van der Waals surface area contributed by atoms with Crippen molar-refractivity contribution in [3.8, 4) is 11.1 Å². The Kier molecular flexibility index (Phi) is 6.16. The SMILES string of the molecule is Fc1ccccc1-c1c(Br)cc(C(F)(F)F)cc1C(F)(C(F)(F)F)C(F)(F)C(F)(F)F. The lowest BCUT2D eigenvalue weighted by Gasteiger charge is -2.37. The van der Waals surface area contributed by atoms with Crippen molar-refractivity contribution in [3.05, 3.63) is 57.8 Å². The Bertz CT molecular complexity index is 971. The van der Waals surface area contributed by atoms with E-state index in [1.165, 1.54) is 0 Å². The van der Waals surface area contributed by atoms with Crippen molar-refractivity contribution in [2.75, 3.05) is 0 Å². The minimum atomic E-state index is -7.25. The normalized spacial score (nSPS) is 15.7. The summed E-state index contributed by atoms with van der Waals surface area (Å²) >= 11 is 2.31. The van der Waals surface area contributed by atoms with E-state index in [2.05, 4.69) is 15.9 Å². The van der Waals surface area contributed by atoms with E-state index in [0.29, 0.717) is 12.1 Å². The van der Waals surface area contributed by atoms with E-state index in [1.807, 2.05) is 0 Å². The van der Waals surface area contributed by atoms with Crippen LogP contribution in [-0.4, -0.2) is 18.3 Å². The first-order chi connectivity index (χ1) is 13.8. The smallest absolute Gasteiger partial charge is 0.221 e. The molecule has 0 heterocycles. The van der Waals surface area contributed by atoms with Gasteiger partial charge >= 0.3 is 30.1 Å². The molecule has 0 nitrogen and oxygen atoms in total. The van der Waals surface area contributed by atoms with E-state index in [0.717, 1.165) is 12.1 Å². The van der Waals surface area contributed by atoms with Gasteiger partial charge in [0.05, 0.1) is 5.56 Å². The average molecular weight is 537 g/mol. The number of benzene rings is 2. The van der Waals surface area contributed by atoms with Gasteiger partial charge in [-0.3, -0.25) is 0 Å². The Hall–Kier alpha value is -1.99. The molecule has 1 atom stereocenters. The molecule has 0 aliphatic rings. The fourth-order valence-electron chi connectivity index (χ4n) is 2.67. The molecule has 1 unspecified atom stereocenters. The third kappa shape index (κ3) is 4.10. The molecule has 0 spiro atoms. The van der Waals surface area contributed by atoms with E-state index in [1.54, 1.807) is 0 Å². The van der Waals surface area contributed by atoms with Crippen molar-refractivity contribution in [3.63, 3.8) is 0 Å². The molecule has 0 amide bonds. The van der Waals surface area contributed by atoms with Crippen molar-refractivity contribution >= 4 is 15.9 Å². The summed E-state index contributed by atoms with van der Waals surface area (Å²) in [5, 5.41) is 0. The molecule has 14 heteroatoms. The Balaban J connectivity index is 3.14. The lowest BCUT2D eigenvalue weighted by atomic mass is 9.81. The molecule has 2 aromatic rings. The predicted molar refractivity (Wildman–Crippen MR) is 84.4 cm³/mol. The second-order valence-corrected chi connectivity index (χ2v) is 6.94. The Labute approximate surface area is 172 Å². The van der Waals surface area contributed by atoms with Gasteiger partial charge < -0.3 is 0 Å². The van der Waals surface area contributed by atoms with Gasteiger partial charge in [0, 0.05) is 21.2 Å². The topological polar surface area (TPSA) is 0 Å². The first kappa shape index (κ1) is 25.3. The second-order valence-electron chi connectivity index (χ2n) is 6.09. The summed E-state index contributed by atoms with van der Waals surface area (Å²) in [5.41, 5.74) is -14.4. The largest absolute Gasteiger partial charge is 0.457 e. The molecule has 0 bridgehead atoms. The van der Waals surface area contributed by atoms with Crippen molar-refractivity contribution in [2.24, 2.45) is 0 Å². The molecule has 0 aromatic heterocycles. The van der Waals surface area contributed by atoms with Crippen LogP contribution in [0.15, 0.2) is 40.9 Å². The zero-order valence-electron chi connectivity index (χ0n) is 14.3. The van der Waals surface area contributed by atoms with Crippen molar-refractivity contribution in [2.45, 2.75) is 30.1 Å². The highest BCUT2D eigenvalue weighted by molar-refractivity contribution is 9.10. The van der Waals surface area contributed by atoms with Gasteiger partial charge in [-0.1, -0.05) is 34.1 Å². The van der Waals surface area contributed by atoms with E-state index in [9.17, 15) is 52.7 Å². The number of halogens is 14. The van der Waals surface area contributed by atoms with Crippen molar-refractivity contribution in [1.29, 1.82) is 0 Å². The number of hydrogen-bond donors (Lipinski definition) is 0. The third-order valence-electron chi connectivity index (χ3n) is 4.11. The van der Waals surface area contributed by atoms with Crippen LogP contribution < -0.4 is 0 Å². The van der Waals surface area contributed by atoms with Crippen LogP contribution in [-0.2, 0) is 11.8 Å². The quantitative estimate of drug-likeness (QED) is 0.347. The third-order valence-corrected chi connectivity index (χ3v) is 4.74. The average Bonchev–Trinajstić information content (AvgIpc) is 2.58. The van der Waals surface area contributed by atoms with Gasteiger partial charge in [-0.25, -0.2) is 8.78 Å². The van der Waals surface area contributed by atoms with Gasteiger partial charge in [-0.05, 0) is 18.2 Å². The van der Waals surface area contributed by atoms with Gasteiger partial charge in [0.25, 0.3) is 0 Å². The van der Waals surface area contributed by atoms with E-state index in [4.69, 9.17) is 0 Å². The van der Waals surface area contributed by atoms with E-state index in [-0.39, 0.29) is 6.07 Å². The number of hydrogen-bond acceptors (Lipinski definition) is 0. The standard InChI is InChI=1S/C17H6BrF13/c18-10-6-7(14(21,22)23)5-9(12(10)8-3-1-2-4-11(8)19)13(20,16(26,27)28)15(24,25)17(29,30)31/h1-6H. The summed E-state index contributed by atoms with van der Waals surface area (Å²) in [6.45, 7) is 0. The van der Waals surface area contributed by atoms with Crippen LogP contribution in [0, 0.1) is 5.82 Å². The zero-order valence-corrected chi connectivity index (χ0v) is 15.8. The Morgan fingerprint density at radius 3 is 1.61 bits per heavy atom. The molecule has 2 aromatic carbocycles. The molecule has 0 aliphatic carbocycles. The highest BCUT2D eigenvalue weighted by Crippen LogP contribution is 2.60. The van der Waals surface area contributed by atoms with Crippen molar-refractivity contribution < 1.29 is 57.1 Å². The van der Waals surface area contributed by atoms with Gasteiger partial charge in [-0.2, -0.15) is 48.3 Å². The molecule has 2 rings (SSSR count). The van der Waals surface area contributed by atoms with Gasteiger partial charge in [0.2, 0.25) is 0 Å². The summed E-state index contributed by atoms with van der Waals surface area (Å²) in [7, 11) is 0. The summed E-state index contributed by atoms with van der Waals surface area (Å²) in [4.78, 5) is 0. The van der Waals surface area contributed by atoms with Crippen LogP contribution in [0.3, 0.4) is 0 Å². The van der Waals surface area contributed by atoms with Gasteiger partial charge in [0.15, 0.2) is 0 Å². The van der Waals surface area contributed by atoms with Crippen molar-refractivity contribution in [1.82, 2.24) is 0 Å². The maximum absolute atomic E-state index is 15.0. The minimum absolute atomic E-state index is 0.00615. The first-order valence-corrected chi connectivity index (χ1v) is 8.42. The molecular formula is C17H6BrF13. The number of rotatable bonds is 3. The maximum Gasteiger partial charge on any atom is 0.457 e. The highest BCUT2D eigenvalue weighted by Gasteiger charge is 2.82. The predicted octanol–water partition coefficient (Wildman–Crippen LogP) is 8.20. The molecule has 172 valence electrons. The molecule has 0 radical (unpaired) electrons. The van der Waals surface area contributed by atoms with Gasteiger partial charge in [0.1, 0.15) is 5.82 Å². The second kappa shape index (κ2) is 7.55. The summed E-state index contributed by atoms with van der Waals surface area (Å²) in [6, 6.07) is 2.07. The Morgan fingerprint density at radius 2 is 1.19 bits per heavy atom. The summed E-state index contributed by atoms with van der Waals surface area (Å²) in [5.74, 6) is -8.77. The van der Waals surface area contributed by atoms with Crippen LogP contribution >= 0.6 is 15.9 Å².